The van der Waals surface area contributed by atoms with E-state index in [4.69, 9.17) is 33.7 Å². The first-order chi connectivity index (χ1) is 22.0. The van der Waals surface area contributed by atoms with Gasteiger partial charge in [0.25, 0.3) is 5.56 Å². The summed E-state index contributed by atoms with van der Waals surface area (Å²) in [5.74, 6) is -1.49. The molecule has 47 heavy (non-hydrogen) atoms. The van der Waals surface area contributed by atoms with Crippen molar-refractivity contribution >= 4 is 41.6 Å². The highest BCUT2D eigenvalue weighted by Crippen LogP contribution is 2.53. The number of carbonyl (C=O) groups is 1. The van der Waals surface area contributed by atoms with E-state index in [2.05, 4.69) is 20.0 Å². The zero-order chi connectivity index (χ0) is 33.9. The van der Waals surface area contributed by atoms with Crippen LogP contribution < -0.4 is 20.9 Å². The van der Waals surface area contributed by atoms with Crippen molar-refractivity contribution in [1.82, 2.24) is 24.6 Å². The minimum atomic E-state index is -4.32. The first-order valence-corrected chi connectivity index (χ1v) is 16.7. The van der Waals surface area contributed by atoms with E-state index in [1.165, 1.54) is 13.3 Å². The Hall–Kier alpha value is -3.85. The predicted octanol–water partition coefficient (Wildman–Crippen LogP) is 4.19. The lowest BCUT2D eigenvalue weighted by Gasteiger charge is -2.30. The molecule has 2 aromatic heterocycles. The van der Waals surface area contributed by atoms with Crippen molar-refractivity contribution in [2.75, 3.05) is 12.3 Å². The highest BCUT2D eigenvalue weighted by molar-refractivity contribution is 7.52. The molecule has 2 fully saturated rings. The summed E-state index contributed by atoms with van der Waals surface area (Å²) in [5.41, 5.74) is 3.67. The molecule has 15 nitrogen and oxygen atoms in total. The van der Waals surface area contributed by atoms with Crippen molar-refractivity contribution in [3.63, 3.8) is 0 Å². The number of fused-ring (bicyclic) bond motifs is 3. The highest BCUT2D eigenvalue weighted by Gasteiger charge is 2.64. The monoisotopic (exact) mass is 670 g/mol. The number of anilines is 1. The second kappa shape index (κ2) is 11.7. The summed E-state index contributed by atoms with van der Waals surface area (Å²) in [7, 11) is -4.32. The average Bonchev–Trinajstić information content (AvgIpc) is 3.57. The Bertz CT molecular complexity index is 1930. The van der Waals surface area contributed by atoms with Gasteiger partial charge in [0.15, 0.2) is 23.2 Å². The maximum atomic E-state index is 14.6. The first kappa shape index (κ1) is 33.1. The van der Waals surface area contributed by atoms with Gasteiger partial charge in [-0.05, 0) is 59.9 Å². The molecule has 252 valence electrons. The molecule has 0 spiro atoms. The molecule has 0 amide bonds. The van der Waals surface area contributed by atoms with Crippen molar-refractivity contribution in [2.45, 2.75) is 89.9 Å². The number of carbonyl (C=O) groups excluding carboxylic acids is 1. The Morgan fingerprint density at radius 2 is 1.91 bits per heavy atom. The van der Waals surface area contributed by atoms with E-state index in [1.54, 1.807) is 58.2 Å². The van der Waals surface area contributed by atoms with Gasteiger partial charge < -0.3 is 29.2 Å². The number of hydrogen-bond acceptors (Lipinski definition) is 12. The minimum Gasteiger partial charge on any atom is -0.459 e. The number of ether oxygens (including phenoxy) is 4. The summed E-state index contributed by atoms with van der Waals surface area (Å²) >= 11 is 0. The summed E-state index contributed by atoms with van der Waals surface area (Å²) < 4.78 is 52.9. The molecule has 4 heterocycles. The number of nitrogen functional groups attached to an aromatic ring is 1. The fourth-order valence-corrected chi connectivity index (χ4v) is 7.49. The Balaban J connectivity index is 1.32. The van der Waals surface area contributed by atoms with E-state index in [0.29, 0.717) is 5.39 Å². The second-order valence-corrected chi connectivity index (χ2v) is 15.0. The zero-order valence-corrected chi connectivity index (χ0v) is 28.1. The molecule has 2 aliphatic heterocycles. The van der Waals surface area contributed by atoms with Crippen LogP contribution >= 0.6 is 7.75 Å². The SMILES string of the molecule is C[C@H](NP(=O)(OC[C@H]1O[C@@H](n2cnc3c(=O)[nH]c(N)nc32)C2(C)OC(C)(C)O[C@@H]12)Oc1cccc2ccccc12)C(=O)OC(C)(C)C. The van der Waals surface area contributed by atoms with Gasteiger partial charge in [-0.1, -0.05) is 36.4 Å². The van der Waals surface area contributed by atoms with Crippen LogP contribution in [-0.4, -0.2) is 67.3 Å². The lowest BCUT2D eigenvalue weighted by molar-refractivity contribution is -0.216. The molecular formula is C31H39N6O9P. The smallest absolute Gasteiger partial charge is 0.459 e. The Kier molecular flexibility index (Phi) is 8.22. The zero-order valence-electron chi connectivity index (χ0n) is 27.2. The van der Waals surface area contributed by atoms with E-state index in [9.17, 15) is 14.2 Å². The van der Waals surface area contributed by atoms with Gasteiger partial charge in [-0.15, -0.1) is 0 Å². The molecule has 0 radical (unpaired) electrons. The number of nitrogens with zero attached hydrogens (tertiary/aromatic N) is 3. The van der Waals surface area contributed by atoms with Crippen LogP contribution in [0.5, 0.6) is 5.75 Å². The third-order valence-electron chi connectivity index (χ3n) is 7.77. The lowest BCUT2D eigenvalue weighted by Crippen LogP contribution is -2.42. The van der Waals surface area contributed by atoms with E-state index in [0.717, 1.165) is 5.39 Å². The Morgan fingerprint density at radius 1 is 1.19 bits per heavy atom. The number of nitrogens with two attached hydrogens (primary N) is 1. The molecule has 2 aliphatic rings. The normalized spacial score (nSPS) is 25.8. The first-order valence-electron chi connectivity index (χ1n) is 15.2. The number of aromatic nitrogens is 4. The van der Waals surface area contributed by atoms with Gasteiger partial charge in [-0.2, -0.15) is 10.1 Å². The predicted molar refractivity (Wildman–Crippen MR) is 171 cm³/mol. The molecule has 4 N–H and O–H groups in total. The number of rotatable bonds is 9. The Labute approximate surface area is 270 Å². The maximum absolute atomic E-state index is 14.6. The summed E-state index contributed by atoms with van der Waals surface area (Å²) in [6.45, 7) is 11.7. The van der Waals surface area contributed by atoms with E-state index in [-0.39, 0.29) is 29.5 Å². The molecule has 2 aromatic carbocycles. The van der Waals surface area contributed by atoms with Gasteiger partial charge in [0, 0.05) is 5.39 Å². The highest BCUT2D eigenvalue weighted by atomic mass is 31.2. The van der Waals surface area contributed by atoms with Crippen LogP contribution in [0.3, 0.4) is 0 Å². The molecular weight excluding hydrogens is 631 g/mol. The Morgan fingerprint density at radius 3 is 2.66 bits per heavy atom. The van der Waals surface area contributed by atoms with Gasteiger partial charge in [-0.3, -0.25) is 23.7 Å². The van der Waals surface area contributed by atoms with Crippen molar-refractivity contribution in [1.29, 1.82) is 0 Å². The fraction of sp³-hybridized carbons (Fsp3) is 0.484. The number of hydrogen-bond donors (Lipinski definition) is 3. The second-order valence-electron chi connectivity index (χ2n) is 13.3. The van der Waals surface area contributed by atoms with Gasteiger partial charge in [0.05, 0.1) is 12.9 Å². The summed E-state index contributed by atoms with van der Waals surface area (Å²) in [6, 6.07) is 11.7. The van der Waals surface area contributed by atoms with Crippen LogP contribution in [0.1, 0.15) is 54.7 Å². The van der Waals surface area contributed by atoms with Crippen LogP contribution in [0.2, 0.25) is 0 Å². The summed E-state index contributed by atoms with van der Waals surface area (Å²) in [5, 5.41) is 4.29. The van der Waals surface area contributed by atoms with Crippen molar-refractivity contribution in [3.05, 3.63) is 59.1 Å². The van der Waals surface area contributed by atoms with Crippen LogP contribution in [-0.2, 0) is 32.8 Å². The maximum Gasteiger partial charge on any atom is 0.459 e. The topological polar surface area (TPSA) is 191 Å². The number of nitrogens with one attached hydrogen (secondary N) is 2. The molecule has 0 bridgehead atoms. The van der Waals surface area contributed by atoms with Gasteiger partial charge in [-0.25, -0.2) is 9.55 Å². The molecule has 2 saturated heterocycles. The quantitative estimate of drug-likeness (QED) is 0.170. The fourth-order valence-electron chi connectivity index (χ4n) is 5.97. The molecule has 0 aliphatic carbocycles. The van der Waals surface area contributed by atoms with Crippen LogP contribution in [0.4, 0.5) is 5.95 Å². The van der Waals surface area contributed by atoms with E-state index in [1.807, 2.05) is 30.3 Å². The third-order valence-corrected chi connectivity index (χ3v) is 9.40. The number of benzene rings is 2. The van der Waals surface area contributed by atoms with Crippen molar-refractivity contribution in [2.24, 2.45) is 0 Å². The summed E-state index contributed by atoms with van der Waals surface area (Å²) in [6.07, 6.45) is -1.11. The molecule has 0 saturated carbocycles. The van der Waals surface area contributed by atoms with Gasteiger partial charge in [0.1, 0.15) is 35.2 Å². The minimum absolute atomic E-state index is 0.0640. The standard InChI is InChI=1S/C31H39N6O9P/c1-17(26(39)44-29(2,3)4)36-47(40,45-20-14-10-12-18-11-8-9-13-19(18)20)41-15-21-23-31(7,46-30(5,6)43-23)27(42-21)37-16-33-22-24(37)34-28(32)35-25(22)38/h8-14,16-17,21,23,27H,15H2,1-7H3,(H,36,40)(H3,32,34,35,38)/t17-,21+,23-,27+,31?,47?/m0/s1. The number of esters is 1. The summed E-state index contributed by atoms with van der Waals surface area (Å²) in [4.78, 5) is 36.4. The molecule has 6 atom stereocenters. The largest absolute Gasteiger partial charge is 0.459 e. The van der Waals surface area contributed by atoms with Gasteiger partial charge in [0.2, 0.25) is 5.95 Å². The number of aromatic amines is 1. The molecule has 6 rings (SSSR count). The van der Waals surface area contributed by atoms with E-state index >= 15 is 0 Å². The van der Waals surface area contributed by atoms with Crippen LogP contribution in [0.25, 0.3) is 21.9 Å². The average molecular weight is 671 g/mol. The third kappa shape index (κ3) is 6.51. The van der Waals surface area contributed by atoms with Crippen molar-refractivity contribution < 1.29 is 37.4 Å². The number of H-pyrrole nitrogens is 1. The number of imidazole rings is 1. The molecule has 16 heteroatoms. The molecule has 2 unspecified atom stereocenters. The lowest BCUT2D eigenvalue weighted by atomic mass is 9.96. The van der Waals surface area contributed by atoms with Gasteiger partial charge >= 0.3 is 13.7 Å². The molecule has 4 aromatic rings. The van der Waals surface area contributed by atoms with E-state index < -0.39 is 60.7 Å². The van der Waals surface area contributed by atoms with Crippen LogP contribution in [0, 0.1) is 0 Å². The van der Waals surface area contributed by atoms with Crippen LogP contribution in [0.15, 0.2) is 53.6 Å². The van der Waals surface area contributed by atoms with Crippen molar-refractivity contribution in [3.8, 4) is 5.75 Å².